The number of Topliss-reactive ketones (excluding diaryl/α,β-unsaturated/α-hetero) is 1. The summed E-state index contributed by atoms with van der Waals surface area (Å²) >= 11 is 0. The Morgan fingerprint density at radius 2 is 1.82 bits per heavy atom. The van der Waals surface area contributed by atoms with Crippen LogP contribution in [-0.2, 0) is 4.79 Å². The number of rotatable bonds is 5. The molecule has 0 aliphatic carbocycles. The van der Waals surface area contributed by atoms with Gasteiger partial charge in [-0.05, 0) is 56.2 Å². The predicted octanol–water partition coefficient (Wildman–Crippen LogP) is 3.52. The van der Waals surface area contributed by atoms with E-state index >= 15 is 0 Å². The molecule has 22 heavy (non-hydrogen) atoms. The summed E-state index contributed by atoms with van der Waals surface area (Å²) in [6.07, 6.45) is 0. The van der Waals surface area contributed by atoms with Gasteiger partial charge in [0.25, 0.3) is 5.91 Å². The van der Waals surface area contributed by atoms with Crippen LogP contribution in [0.4, 0.5) is 5.69 Å². The summed E-state index contributed by atoms with van der Waals surface area (Å²) in [7, 11) is 0. The van der Waals surface area contributed by atoms with E-state index in [0.717, 1.165) is 11.3 Å². The van der Waals surface area contributed by atoms with E-state index in [1.165, 1.54) is 12.5 Å². The van der Waals surface area contributed by atoms with E-state index in [4.69, 9.17) is 4.74 Å². The maximum absolute atomic E-state index is 11.9. The number of amides is 1. The first-order chi connectivity index (χ1) is 10.5. The van der Waals surface area contributed by atoms with Crippen LogP contribution in [0.25, 0.3) is 0 Å². The van der Waals surface area contributed by atoms with Crippen LogP contribution in [0.3, 0.4) is 0 Å². The molecule has 0 heterocycles. The van der Waals surface area contributed by atoms with Gasteiger partial charge in [-0.1, -0.05) is 18.2 Å². The molecule has 2 aromatic carbocycles. The fourth-order valence-corrected chi connectivity index (χ4v) is 1.97. The zero-order valence-electron chi connectivity index (χ0n) is 13.0. The van der Waals surface area contributed by atoms with Crippen molar-refractivity contribution in [3.05, 3.63) is 59.2 Å². The van der Waals surface area contributed by atoms with E-state index in [0.29, 0.717) is 11.3 Å². The lowest BCUT2D eigenvalue weighted by molar-refractivity contribution is -0.118. The molecule has 1 amide bonds. The lowest BCUT2D eigenvalue weighted by Crippen LogP contribution is -2.20. The van der Waals surface area contributed by atoms with Gasteiger partial charge in [-0.3, -0.25) is 9.59 Å². The van der Waals surface area contributed by atoms with Gasteiger partial charge in [-0.15, -0.1) is 0 Å². The van der Waals surface area contributed by atoms with Crippen molar-refractivity contribution < 1.29 is 14.3 Å². The van der Waals surface area contributed by atoms with Crippen LogP contribution in [0, 0.1) is 13.8 Å². The SMILES string of the molecule is CC(=O)c1cccc(OCC(=O)Nc2ccc(C)c(C)c2)c1. The first-order valence-electron chi connectivity index (χ1n) is 7.06. The smallest absolute Gasteiger partial charge is 0.262 e. The van der Waals surface area contributed by atoms with Crippen molar-refractivity contribution >= 4 is 17.4 Å². The highest BCUT2D eigenvalue weighted by atomic mass is 16.5. The Kier molecular flexibility index (Phi) is 4.94. The Morgan fingerprint density at radius 1 is 1.05 bits per heavy atom. The topological polar surface area (TPSA) is 55.4 Å². The molecule has 1 N–H and O–H groups in total. The number of hydrogen-bond donors (Lipinski definition) is 1. The van der Waals surface area contributed by atoms with Crippen molar-refractivity contribution in [3.8, 4) is 5.75 Å². The summed E-state index contributed by atoms with van der Waals surface area (Å²) < 4.78 is 5.42. The van der Waals surface area contributed by atoms with Gasteiger partial charge in [0.05, 0.1) is 0 Å². The molecule has 0 aromatic heterocycles. The van der Waals surface area contributed by atoms with Crippen molar-refractivity contribution in [1.29, 1.82) is 0 Å². The summed E-state index contributed by atoms with van der Waals surface area (Å²) in [5.41, 5.74) is 3.60. The molecule has 0 aliphatic heterocycles. The van der Waals surface area contributed by atoms with E-state index in [2.05, 4.69) is 5.32 Å². The molecular weight excluding hydrogens is 278 g/mol. The maximum atomic E-state index is 11.9. The van der Waals surface area contributed by atoms with Crippen LogP contribution in [0.1, 0.15) is 28.4 Å². The summed E-state index contributed by atoms with van der Waals surface area (Å²) in [4.78, 5) is 23.2. The van der Waals surface area contributed by atoms with Gasteiger partial charge in [-0.25, -0.2) is 0 Å². The van der Waals surface area contributed by atoms with Crippen LogP contribution in [0.2, 0.25) is 0 Å². The molecule has 0 saturated heterocycles. The standard InChI is InChI=1S/C18H19NO3/c1-12-7-8-16(9-13(12)2)19-18(21)11-22-17-6-4-5-15(10-17)14(3)20/h4-10H,11H2,1-3H3,(H,19,21). The number of carbonyl (C=O) groups excluding carboxylic acids is 2. The Labute approximate surface area is 130 Å². The van der Waals surface area contributed by atoms with Crippen LogP contribution >= 0.6 is 0 Å². The maximum Gasteiger partial charge on any atom is 0.262 e. The number of aryl methyl sites for hydroxylation is 2. The highest BCUT2D eigenvalue weighted by molar-refractivity contribution is 5.94. The average molecular weight is 297 g/mol. The second kappa shape index (κ2) is 6.89. The van der Waals surface area contributed by atoms with Gasteiger partial charge in [0.1, 0.15) is 5.75 Å². The molecule has 0 unspecified atom stereocenters. The second-order valence-electron chi connectivity index (χ2n) is 5.22. The van der Waals surface area contributed by atoms with E-state index < -0.39 is 0 Å². The number of ether oxygens (including phenoxy) is 1. The number of ketones is 1. The minimum Gasteiger partial charge on any atom is -0.484 e. The molecule has 0 fully saturated rings. The summed E-state index contributed by atoms with van der Waals surface area (Å²) in [5, 5.41) is 2.79. The van der Waals surface area contributed by atoms with Gasteiger partial charge in [-0.2, -0.15) is 0 Å². The first-order valence-corrected chi connectivity index (χ1v) is 7.06. The lowest BCUT2D eigenvalue weighted by atomic mass is 10.1. The molecule has 0 spiro atoms. The molecule has 2 rings (SSSR count). The van der Waals surface area contributed by atoms with Crippen molar-refractivity contribution in [3.63, 3.8) is 0 Å². The van der Waals surface area contributed by atoms with E-state index in [9.17, 15) is 9.59 Å². The molecule has 0 aliphatic rings. The van der Waals surface area contributed by atoms with Gasteiger partial charge in [0.2, 0.25) is 0 Å². The Hall–Kier alpha value is -2.62. The average Bonchev–Trinajstić information content (AvgIpc) is 2.49. The molecule has 4 nitrogen and oxygen atoms in total. The summed E-state index contributed by atoms with van der Waals surface area (Å²) in [5.74, 6) is 0.226. The fourth-order valence-electron chi connectivity index (χ4n) is 1.97. The van der Waals surface area contributed by atoms with Crippen molar-refractivity contribution in [2.75, 3.05) is 11.9 Å². The third kappa shape index (κ3) is 4.19. The molecular formula is C18H19NO3. The van der Waals surface area contributed by atoms with Crippen LogP contribution in [0.5, 0.6) is 5.75 Å². The molecule has 114 valence electrons. The van der Waals surface area contributed by atoms with E-state index in [1.807, 2.05) is 32.0 Å². The molecule has 4 heteroatoms. The first kappa shape index (κ1) is 15.8. The third-order valence-corrected chi connectivity index (χ3v) is 3.40. The third-order valence-electron chi connectivity index (χ3n) is 3.40. The minimum atomic E-state index is -0.239. The summed E-state index contributed by atoms with van der Waals surface area (Å²) in [6, 6.07) is 12.5. The van der Waals surface area contributed by atoms with Crippen LogP contribution in [-0.4, -0.2) is 18.3 Å². The van der Waals surface area contributed by atoms with Gasteiger partial charge < -0.3 is 10.1 Å². The van der Waals surface area contributed by atoms with Crippen LogP contribution in [0.15, 0.2) is 42.5 Å². The number of nitrogens with one attached hydrogen (secondary N) is 1. The van der Waals surface area contributed by atoms with Gasteiger partial charge in [0.15, 0.2) is 12.4 Å². The zero-order chi connectivity index (χ0) is 16.1. The Balaban J connectivity index is 1.94. The highest BCUT2D eigenvalue weighted by Gasteiger charge is 2.06. The predicted molar refractivity (Wildman–Crippen MR) is 86.5 cm³/mol. The largest absolute Gasteiger partial charge is 0.484 e. The normalized spacial score (nSPS) is 10.1. The second-order valence-corrected chi connectivity index (χ2v) is 5.22. The Bertz CT molecular complexity index is 707. The number of benzene rings is 2. The summed E-state index contributed by atoms with van der Waals surface area (Å²) in [6.45, 7) is 5.40. The molecule has 0 saturated carbocycles. The van der Waals surface area contributed by atoms with Crippen LogP contribution < -0.4 is 10.1 Å². The zero-order valence-corrected chi connectivity index (χ0v) is 13.0. The van der Waals surface area contributed by atoms with E-state index in [-0.39, 0.29) is 18.3 Å². The molecule has 2 aromatic rings. The fraction of sp³-hybridized carbons (Fsp3) is 0.222. The number of anilines is 1. The monoisotopic (exact) mass is 297 g/mol. The highest BCUT2D eigenvalue weighted by Crippen LogP contribution is 2.15. The van der Waals surface area contributed by atoms with Gasteiger partial charge >= 0.3 is 0 Å². The van der Waals surface area contributed by atoms with E-state index in [1.54, 1.807) is 24.3 Å². The van der Waals surface area contributed by atoms with Crippen molar-refractivity contribution in [2.45, 2.75) is 20.8 Å². The lowest BCUT2D eigenvalue weighted by Gasteiger charge is -2.09. The van der Waals surface area contributed by atoms with Crippen molar-refractivity contribution in [2.24, 2.45) is 0 Å². The Morgan fingerprint density at radius 3 is 2.50 bits per heavy atom. The minimum absolute atomic E-state index is 0.0370. The molecule has 0 atom stereocenters. The molecule has 0 radical (unpaired) electrons. The number of carbonyl (C=O) groups is 2. The quantitative estimate of drug-likeness (QED) is 0.859. The van der Waals surface area contributed by atoms with Crippen molar-refractivity contribution in [1.82, 2.24) is 0 Å². The van der Waals surface area contributed by atoms with Gasteiger partial charge in [0, 0.05) is 11.3 Å². The number of hydrogen-bond acceptors (Lipinski definition) is 3. The molecule has 0 bridgehead atoms.